The van der Waals surface area contributed by atoms with Crippen LogP contribution in [-0.4, -0.2) is 14.1 Å². The summed E-state index contributed by atoms with van der Waals surface area (Å²) in [4.78, 5) is 2.44. The molecule has 0 saturated heterocycles. The molecule has 2 aromatic rings. The Hall–Kier alpha value is -2.40. The first kappa shape index (κ1) is 16.0. The Labute approximate surface area is 131 Å². The fraction of sp³-hybridized carbons (Fsp3) is 0.118. The third-order valence-corrected chi connectivity index (χ3v) is 4.21. The highest BCUT2D eigenvalue weighted by molar-refractivity contribution is 7.89. The number of aryl methyl sites for hydroxylation is 1. The molecular formula is C17H18N2O2S. The zero-order valence-electron chi connectivity index (χ0n) is 12.5. The summed E-state index contributed by atoms with van der Waals surface area (Å²) in [6, 6.07) is 16.3. The number of nitrogens with zero attached hydrogens (tertiary/aromatic N) is 1. The minimum absolute atomic E-state index is 0.196. The van der Waals surface area contributed by atoms with Gasteiger partial charge in [0.2, 0.25) is 0 Å². The fourth-order valence-electron chi connectivity index (χ4n) is 1.72. The van der Waals surface area contributed by atoms with Gasteiger partial charge in [-0.3, -0.25) is 0 Å². The molecule has 5 heteroatoms. The van der Waals surface area contributed by atoms with Crippen LogP contribution in [0, 0.1) is 6.92 Å². The molecule has 0 aromatic heterocycles. The topological polar surface area (TPSA) is 58.5 Å². The minimum Gasteiger partial charge on any atom is -0.200 e. The normalized spacial score (nSPS) is 12.5. The van der Waals surface area contributed by atoms with E-state index in [9.17, 15) is 8.42 Å². The van der Waals surface area contributed by atoms with Crippen molar-refractivity contribution in [2.45, 2.75) is 18.7 Å². The van der Waals surface area contributed by atoms with E-state index in [0.29, 0.717) is 5.71 Å². The summed E-state index contributed by atoms with van der Waals surface area (Å²) in [7, 11) is -3.63. The second-order valence-electron chi connectivity index (χ2n) is 4.90. The van der Waals surface area contributed by atoms with Crippen molar-refractivity contribution < 1.29 is 8.42 Å². The van der Waals surface area contributed by atoms with Crippen LogP contribution in [0.25, 0.3) is 6.08 Å². The number of sulfonamides is 1. The zero-order chi connectivity index (χ0) is 16.0. The number of rotatable bonds is 5. The van der Waals surface area contributed by atoms with Gasteiger partial charge in [0, 0.05) is 0 Å². The molecule has 0 radical (unpaired) electrons. The average molecular weight is 314 g/mol. The molecule has 0 spiro atoms. The van der Waals surface area contributed by atoms with Crippen molar-refractivity contribution in [2.24, 2.45) is 5.10 Å². The highest BCUT2D eigenvalue weighted by Crippen LogP contribution is 2.09. The van der Waals surface area contributed by atoms with Crippen molar-refractivity contribution in [3.05, 3.63) is 71.8 Å². The van der Waals surface area contributed by atoms with E-state index in [-0.39, 0.29) is 4.90 Å². The Morgan fingerprint density at radius 2 is 1.68 bits per heavy atom. The van der Waals surface area contributed by atoms with Crippen LogP contribution in [0.15, 0.2) is 70.7 Å². The Morgan fingerprint density at radius 1 is 1.05 bits per heavy atom. The summed E-state index contributed by atoms with van der Waals surface area (Å²) in [5.74, 6) is 0. The molecule has 4 nitrogen and oxygen atoms in total. The van der Waals surface area contributed by atoms with Crippen molar-refractivity contribution >= 4 is 21.8 Å². The Bertz CT molecular complexity index is 777. The maximum absolute atomic E-state index is 12.1. The maximum atomic E-state index is 12.1. The molecule has 1 N–H and O–H groups in total. The molecule has 2 rings (SSSR count). The van der Waals surface area contributed by atoms with Gasteiger partial charge in [-0.1, -0.05) is 54.1 Å². The van der Waals surface area contributed by atoms with E-state index in [4.69, 9.17) is 0 Å². The van der Waals surface area contributed by atoms with E-state index in [1.807, 2.05) is 43.3 Å². The van der Waals surface area contributed by atoms with Crippen LogP contribution >= 0.6 is 0 Å². The quantitative estimate of drug-likeness (QED) is 0.679. The molecule has 0 amide bonds. The van der Waals surface area contributed by atoms with E-state index in [1.54, 1.807) is 37.3 Å². The van der Waals surface area contributed by atoms with Crippen LogP contribution in [0.4, 0.5) is 0 Å². The average Bonchev–Trinajstić information content (AvgIpc) is 2.52. The van der Waals surface area contributed by atoms with Crippen LogP contribution < -0.4 is 4.83 Å². The highest BCUT2D eigenvalue weighted by Gasteiger charge is 2.11. The molecule has 22 heavy (non-hydrogen) atoms. The lowest BCUT2D eigenvalue weighted by Crippen LogP contribution is -2.19. The number of benzene rings is 2. The summed E-state index contributed by atoms with van der Waals surface area (Å²) >= 11 is 0. The predicted octanol–water partition coefficient (Wildman–Crippen LogP) is 3.36. The second-order valence-corrected chi connectivity index (χ2v) is 6.57. The van der Waals surface area contributed by atoms with Crippen LogP contribution in [0.1, 0.15) is 18.1 Å². The first-order valence-electron chi connectivity index (χ1n) is 6.83. The Kier molecular flexibility index (Phi) is 5.12. The van der Waals surface area contributed by atoms with Gasteiger partial charge in [0.25, 0.3) is 10.0 Å². The summed E-state index contributed by atoms with van der Waals surface area (Å²) < 4.78 is 24.2. The van der Waals surface area contributed by atoms with Crippen molar-refractivity contribution in [3.8, 4) is 0 Å². The van der Waals surface area contributed by atoms with Gasteiger partial charge in [-0.15, -0.1) is 0 Å². The Morgan fingerprint density at radius 3 is 2.32 bits per heavy atom. The van der Waals surface area contributed by atoms with Crippen molar-refractivity contribution in [3.63, 3.8) is 0 Å². The molecule has 0 aliphatic carbocycles. The summed E-state index contributed by atoms with van der Waals surface area (Å²) in [6.45, 7) is 3.64. The van der Waals surface area contributed by atoms with Crippen LogP contribution in [0.3, 0.4) is 0 Å². The van der Waals surface area contributed by atoms with Crippen LogP contribution in [0.5, 0.6) is 0 Å². The van der Waals surface area contributed by atoms with Crippen molar-refractivity contribution in [2.75, 3.05) is 0 Å². The number of hydrogen-bond donors (Lipinski definition) is 1. The molecule has 0 bridgehead atoms. The van der Waals surface area contributed by atoms with E-state index >= 15 is 0 Å². The standard InChI is InChI=1S/C17H18N2O2S/c1-14-8-12-17(13-9-14)22(20,21)19-18-15(2)10-11-16-6-4-3-5-7-16/h3-13,19H,1-2H3. The van der Waals surface area contributed by atoms with Crippen LogP contribution in [-0.2, 0) is 10.0 Å². The lowest BCUT2D eigenvalue weighted by Gasteiger charge is -2.04. The number of hydrogen-bond acceptors (Lipinski definition) is 3. The number of hydrazone groups is 1. The SMILES string of the molecule is CC(C=Cc1ccccc1)=NNS(=O)(=O)c1ccc(C)cc1. The maximum Gasteiger partial charge on any atom is 0.276 e. The number of allylic oxidation sites excluding steroid dienone is 1. The molecule has 114 valence electrons. The molecule has 0 atom stereocenters. The number of nitrogens with one attached hydrogen (secondary N) is 1. The molecule has 0 fully saturated rings. The smallest absolute Gasteiger partial charge is 0.200 e. The van der Waals surface area contributed by atoms with E-state index in [1.165, 1.54) is 0 Å². The lowest BCUT2D eigenvalue weighted by molar-refractivity contribution is 0.584. The molecule has 0 saturated carbocycles. The van der Waals surface area contributed by atoms with Gasteiger partial charge in [0.05, 0.1) is 10.6 Å². The van der Waals surface area contributed by atoms with Gasteiger partial charge < -0.3 is 0 Å². The lowest BCUT2D eigenvalue weighted by atomic mass is 10.2. The predicted molar refractivity (Wildman–Crippen MR) is 90.1 cm³/mol. The first-order chi connectivity index (χ1) is 10.5. The second kappa shape index (κ2) is 7.04. The van der Waals surface area contributed by atoms with Gasteiger partial charge in [-0.05, 0) is 37.6 Å². The molecule has 0 heterocycles. The third-order valence-electron chi connectivity index (χ3n) is 2.99. The molecular weight excluding hydrogens is 296 g/mol. The van der Waals surface area contributed by atoms with Gasteiger partial charge in [0.1, 0.15) is 0 Å². The highest BCUT2D eigenvalue weighted by atomic mass is 32.2. The van der Waals surface area contributed by atoms with E-state index < -0.39 is 10.0 Å². The first-order valence-corrected chi connectivity index (χ1v) is 8.31. The van der Waals surface area contributed by atoms with Gasteiger partial charge in [-0.25, -0.2) is 0 Å². The molecule has 0 aliphatic heterocycles. The van der Waals surface area contributed by atoms with Crippen molar-refractivity contribution in [1.82, 2.24) is 4.83 Å². The van der Waals surface area contributed by atoms with Gasteiger partial charge >= 0.3 is 0 Å². The zero-order valence-corrected chi connectivity index (χ0v) is 13.3. The molecule has 0 unspecified atom stereocenters. The van der Waals surface area contributed by atoms with Crippen molar-refractivity contribution in [1.29, 1.82) is 0 Å². The minimum atomic E-state index is -3.63. The summed E-state index contributed by atoms with van der Waals surface area (Å²) in [6.07, 6.45) is 3.63. The molecule has 2 aromatic carbocycles. The third kappa shape index (κ3) is 4.56. The summed E-state index contributed by atoms with van der Waals surface area (Å²) in [5.41, 5.74) is 2.60. The summed E-state index contributed by atoms with van der Waals surface area (Å²) in [5, 5.41) is 3.90. The molecule has 0 aliphatic rings. The van der Waals surface area contributed by atoms with Gasteiger partial charge in [0.15, 0.2) is 0 Å². The van der Waals surface area contributed by atoms with E-state index in [2.05, 4.69) is 9.93 Å². The monoisotopic (exact) mass is 314 g/mol. The van der Waals surface area contributed by atoms with Gasteiger partial charge in [-0.2, -0.15) is 18.4 Å². The fourth-order valence-corrected chi connectivity index (χ4v) is 2.58. The Balaban J connectivity index is 2.06. The van der Waals surface area contributed by atoms with Crippen LogP contribution in [0.2, 0.25) is 0 Å². The van der Waals surface area contributed by atoms with E-state index in [0.717, 1.165) is 11.1 Å². The largest absolute Gasteiger partial charge is 0.276 e.